The van der Waals surface area contributed by atoms with Crippen LogP contribution in [0.1, 0.15) is 21.7 Å². The Hall–Kier alpha value is -1.88. The number of aryl methyl sites for hydroxylation is 3. The molecule has 2 heterocycles. The van der Waals surface area contributed by atoms with Gasteiger partial charge in [-0.1, -0.05) is 11.6 Å². The van der Waals surface area contributed by atoms with Crippen LogP contribution in [0, 0.1) is 6.92 Å². The topological polar surface area (TPSA) is 52.7 Å². The Morgan fingerprint density at radius 2 is 2.17 bits per heavy atom. The molecule has 94 valence electrons. The molecule has 2 aromatic rings. The maximum atomic E-state index is 12.0. The van der Waals surface area contributed by atoms with Gasteiger partial charge in [0.15, 0.2) is 5.78 Å². The molecule has 0 aliphatic heterocycles. The summed E-state index contributed by atoms with van der Waals surface area (Å²) in [5.74, 6) is -0.0992. The van der Waals surface area contributed by atoms with E-state index >= 15 is 0 Å². The molecule has 0 radical (unpaired) electrons. The predicted octanol–water partition coefficient (Wildman–Crippen LogP) is 2.01. The van der Waals surface area contributed by atoms with Crippen LogP contribution in [0.3, 0.4) is 0 Å². The van der Waals surface area contributed by atoms with Crippen LogP contribution in [0.4, 0.5) is 0 Å². The van der Waals surface area contributed by atoms with E-state index in [2.05, 4.69) is 10.2 Å². The van der Waals surface area contributed by atoms with Gasteiger partial charge in [-0.25, -0.2) is 0 Å². The molecule has 0 bridgehead atoms. The van der Waals surface area contributed by atoms with Crippen molar-refractivity contribution in [2.45, 2.75) is 6.92 Å². The maximum Gasteiger partial charge on any atom is 0.189 e. The van der Waals surface area contributed by atoms with Crippen molar-refractivity contribution in [3.63, 3.8) is 0 Å². The van der Waals surface area contributed by atoms with Crippen molar-refractivity contribution in [2.24, 2.45) is 14.1 Å². The number of rotatable bonds is 3. The molecule has 0 aliphatic rings. The van der Waals surface area contributed by atoms with E-state index < -0.39 is 0 Å². The van der Waals surface area contributed by atoms with Crippen molar-refractivity contribution >= 4 is 23.5 Å². The van der Waals surface area contributed by atoms with Crippen LogP contribution < -0.4 is 0 Å². The summed E-state index contributed by atoms with van der Waals surface area (Å²) in [7, 11) is 3.55. The molecular formula is C12H13ClN4O. The molecular weight excluding hydrogens is 252 g/mol. The Balaban J connectivity index is 2.25. The first-order valence-electron chi connectivity index (χ1n) is 5.39. The first-order valence-corrected chi connectivity index (χ1v) is 5.77. The zero-order chi connectivity index (χ0) is 13.3. The van der Waals surface area contributed by atoms with Gasteiger partial charge in [-0.2, -0.15) is 10.2 Å². The maximum absolute atomic E-state index is 12.0. The summed E-state index contributed by atoms with van der Waals surface area (Å²) in [6.07, 6.45) is 6.38. The number of hydrogen-bond acceptors (Lipinski definition) is 3. The molecule has 0 N–H and O–H groups in total. The smallest absolute Gasteiger partial charge is 0.189 e. The van der Waals surface area contributed by atoms with Crippen molar-refractivity contribution in [3.8, 4) is 0 Å². The van der Waals surface area contributed by atoms with E-state index in [4.69, 9.17) is 11.6 Å². The average Bonchev–Trinajstić information content (AvgIpc) is 2.80. The van der Waals surface area contributed by atoms with Crippen molar-refractivity contribution in [1.29, 1.82) is 0 Å². The van der Waals surface area contributed by atoms with E-state index in [-0.39, 0.29) is 5.78 Å². The minimum atomic E-state index is -0.0992. The molecule has 0 unspecified atom stereocenters. The van der Waals surface area contributed by atoms with Crippen molar-refractivity contribution in [3.05, 3.63) is 40.4 Å². The molecule has 0 spiro atoms. The lowest BCUT2D eigenvalue weighted by atomic mass is 10.1. The second-order valence-corrected chi connectivity index (χ2v) is 4.41. The van der Waals surface area contributed by atoms with Gasteiger partial charge in [-0.15, -0.1) is 0 Å². The fourth-order valence-electron chi connectivity index (χ4n) is 1.69. The van der Waals surface area contributed by atoms with Gasteiger partial charge in [0.1, 0.15) is 0 Å². The third kappa shape index (κ3) is 2.36. The van der Waals surface area contributed by atoms with Gasteiger partial charge in [-0.3, -0.25) is 14.2 Å². The average molecular weight is 265 g/mol. The summed E-state index contributed by atoms with van der Waals surface area (Å²) >= 11 is 5.95. The van der Waals surface area contributed by atoms with Gasteiger partial charge in [0.25, 0.3) is 0 Å². The summed E-state index contributed by atoms with van der Waals surface area (Å²) in [6.45, 7) is 1.80. The summed E-state index contributed by atoms with van der Waals surface area (Å²) in [6, 6.07) is 0. The predicted molar refractivity (Wildman–Crippen MR) is 69.5 cm³/mol. The molecule has 0 fully saturated rings. The van der Waals surface area contributed by atoms with Crippen LogP contribution in [0.15, 0.2) is 18.5 Å². The molecule has 5 nitrogen and oxygen atoms in total. The number of halogens is 1. The molecule has 0 aromatic carbocycles. The third-order valence-corrected chi connectivity index (χ3v) is 2.90. The number of nitrogens with zero attached hydrogens (tertiary/aromatic N) is 4. The van der Waals surface area contributed by atoms with Gasteiger partial charge in [-0.05, 0) is 19.1 Å². The van der Waals surface area contributed by atoms with Crippen LogP contribution in [-0.2, 0) is 14.1 Å². The third-order valence-electron chi connectivity index (χ3n) is 2.61. The highest BCUT2D eigenvalue weighted by Crippen LogP contribution is 2.16. The van der Waals surface area contributed by atoms with Crippen molar-refractivity contribution in [2.75, 3.05) is 0 Å². The summed E-state index contributed by atoms with van der Waals surface area (Å²) in [5.41, 5.74) is 2.00. The van der Waals surface area contributed by atoms with E-state index in [1.54, 1.807) is 48.9 Å². The zero-order valence-corrected chi connectivity index (χ0v) is 11.1. The second-order valence-electron chi connectivity index (χ2n) is 4.00. The molecule has 2 rings (SSSR count). The zero-order valence-electron chi connectivity index (χ0n) is 10.4. The van der Waals surface area contributed by atoms with Gasteiger partial charge in [0.2, 0.25) is 0 Å². The molecule has 0 atom stereocenters. The molecule has 0 amide bonds. The van der Waals surface area contributed by atoms with E-state index in [0.717, 1.165) is 0 Å². The van der Waals surface area contributed by atoms with Crippen LogP contribution in [0.25, 0.3) is 6.08 Å². The Bertz CT molecular complexity index is 605. The van der Waals surface area contributed by atoms with Crippen LogP contribution in [0.5, 0.6) is 0 Å². The lowest BCUT2D eigenvalue weighted by Crippen LogP contribution is -1.97. The Kier molecular flexibility index (Phi) is 3.34. The summed E-state index contributed by atoms with van der Waals surface area (Å²) in [4.78, 5) is 12.0. The number of carbonyl (C=O) groups is 1. The molecule has 0 saturated heterocycles. The molecule has 18 heavy (non-hydrogen) atoms. The number of aromatic nitrogens is 4. The van der Waals surface area contributed by atoms with E-state index in [1.807, 2.05) is 0 Å². The van der Waals surface area contributed by atoms with Crippen molar-refractivity contribution < 1.29 is 4.79 Å². The standard InChI is InChI=1S/C12H13ClN4O/c1-8-9(7-16(2)15-8)12(18)5-4-11-10(13)6-14-17(11)3/h4-7H,1-3H3/b5-4+. The molecule has 2 aromatic heterocycles. The number of hydrogen-bond donors (Lipinski definition) is 0. The van der Waals surface area contributed by atoms with Gasteiger partial charge in [0, 0.05) is 20.3 Å². The normalized spacial score (nSPS) is 11.3. The van der Waals surface area contributed by atoms with Crippen LogP contribution in [0.2, 0.25) is 5.02 Å². The van der Waals surface area contributed by atoms with E-state index in [1.165, 1.54) is 6.08 Å². The highest BCUT2D eigenvalue weighted by molar-refractivity contribution is 6.31. The van der Waals surface area contributed by atoms with Crippen LogP contribution in [-0.4, -0.2) is 25.3 Å². The number of ketones is 1. The highest BCUT2D eigenvalue weighted by Gasteiger charge is 2.10. The minimum absolute atomic E-state index is 0.0992. The monoisotopic (exact) mass is 264 g/mol. The van der Waals surface area contributed by atoms with Crippen LogP contribution >= 0.6 is 11.6 Å². The summed E-state index contributed by atoms with van der Waals surface area (Å²) < 4.78 is 3.23. The first kappa shape index (κ1) is 12.6. The Labute approximate surface area is 110 Å². The highest BCUT2D eigenvalue weighted by atomic mass is 35.5. The first-order chi connectivity index (χ1) is 8.49. The van der Waals surface area contributed by atoms with Gasteiger partial charge < -0.3 is 0 Å². The van der Waals surface area contributed by atoms with Crippen molar-refractivity contribution in [1.82, 2.24) is 19.6 Å². The Morgan fingerprint density at radius 3 is 2.67 bits per heavy atom. The van der Waals surface area contributed by atoms with E-state index in [0.29, 0.717) is 22.0 Å². The number of allylic oxidation sites excluding steroid dienone is 1. The summed E-state index contributed by atoms with van der Waals surface area (Å²) in [5, 5.41) is 8.64. The Morgan fingerprint density at radius 1 is 1.44 bits per heavy atom. The fourth-order valence-corrected chi connectivity index (χ4v) is 1.92. The fraction of sp³-hybridized carbons (Fsp3) is 0.250. The van der Waals surface area contributed by atoms with Gasteiger partial charge in [0.05, 0.1) is 28.2 Å². The largest absolute Gasteiger partial charge is 0.289 e. The SMILES string of the molecule is Cc1nn(C)cc1C(=O)/C=C/c1c(Cl)cnn1C. The number of carbonyl (C=O) groups excluding carboxylic acids is 1. The quantitative estimate of drug-likeness (QED) is 0.629. The molecule has 6 heteroatoms. The lowest BCUT2D eigenvalue weighted by Gasteiger charge is -1.95. The lowest BCUT2D eigenvalue weighted by molar-refractivity contribution is 0.104. The molecule has 0 saturated carbocycles. The second kappa shape index (κ2) is 4.78. The van der Waals surface area contributed by atoms with Gasteiger partial charge >= 0.3 is 0 Å². The molecule has 0 aliphatic carbocycles. The minimum Gasteiger partial charge on any atom is -0.289 e. The van der Waals surface area contributed by atoms with E-state index in [9.17, 15) is 4.79 Å².